The minimum atomic E-state index is 0.299. The maximum absolute atomic E-state index is 2.45. The third-order valence-corrected chi connectivity index (χ3v) is 8.99. The summed E-state index contributed by atoms with van der Waals surface area (Å²) in [5.41, 5.74) is 1.95. The Morgan fingerprint density at radius 1 is 0.833 bits per heavy atom. The van der Waals surface area contributed by atoms with Gasteiger partial charge in [-0.1, -0.05) is 27.7 Å². The summed E-state index contributed by atoms with van der Waals surface area (Å²) in [5.74, 6) is 0. The SMILES string of the molecule is CC[P@](C)[C@H](C)[C@@H](C)[P@@](C)CC. The van der Waals surface area contributed by atoms with Crippen LogP contribution in [-0.4, -0.2) is 37.0 Å². The fraction of sp³-hybridized carbons (Fsp3) is 1.00. The first-order valence-electron chi connectivity index (χ1n) is 4.95. The molecule has 4 atom stereocenters. The predicted octanol–water partition coefficient (Wildman–Crippen LogP) is 4.03. The highest BCUT2D eigenvalue weighted by atomic mass is 31.1. The Kier molecular flexibility index (Phi) is 6.79. The van der Waals surface area contributed by atoms with Gasteiger partial charge in [-0.2, -0.15) is 0 Å². The zero-order valence-electron chi connectivity index (χ0n) is 9.46. The molecule has 0 saturated heterocycles. The summed E-state index contributed by atoms with van der Waals surface area (Å²) >= 11 is 0. The van der Waals surface area contributed by atoms with Crippen molar-refractivity contribution in [1.82, 2.24) is 0 Å². The second-order valence-corrected chi connectivity index (χ2v) is 9.55. The number of hydrogen-bond acceptors (Lipinski definition) is 0. The average Bonchev–Trinajstić information content (AvgIpc) is 2.12. The van der Waals surface area contributed by atoms with Gasteiger partial charge in [0, 0.05) is 0 Å². The van der Waals surface area contributed by atoms with Crippen molar-refractivity contribution in [2.75, 3.05) is 25.7 Å². The Bertz CT molecular complexity index is 100. The monoisotopic (exact) mass is 206 g/mol. The molecule has 12 heavy (non-hydrogen) atoms. The van der Waals surface area contributed by atoms with Gasteiger partial charge in [-0.25, -0.2) is 0 Å². The third-order valence-electron chi connectivity index (χ3n) is 3.09. The van der Waals surface area contributed by atoms with E-state index in [1.807, 2.05) is 0 Å². The van der Waals surface area contributed by atoms with Gasteiger partial charge < -0.3 is 0 Å². The van der Waals surface area contributed by atoms with Crippen molar-refractivity contribution in [3.8, 4) is 0 Å². The van der Waals surface area contributed by atoms with Crippen LogP contribution in [0.15, 0.2) is 0 Å². The Morgan fingerprint density at radius 3 is 1.25 bits per heavy atom. The molecule has 0 spiro atoms. The summed E-state index contributed by atoms with van der Waals surface area (Å²) in [5, 5.41) is 0. The molecule has 0 aromatic heterocycles. The number of rotatable bonds is 5. The number of hydrogen-bond donors (Lipinski definition) is 0. The van der Waals surface area contributed by atoms with Crippen molar-refractivity contribution >= 4 is 15.8 Å². The van der Waals surface area contributed by atoms with E-state index in [1.165, 1.54) is 12.3 Å². The van der Waals surface area contributed by atoms with Gasteiger partial charge in [0.25, 0.3) is 0 Å². The summed E-state index contributed by atoms with van der Waals surface area (Å²) in [6.45, 7) is 14.5. The van der Waals surface area contributed by atoms with Crippen molar-refractivity contribution < 1.29 is 0 Å². The summed E-state index contributed by atoms with van der Waals surface area (Å²) in [7, 11) is 0.598. The molecule has 0 aliphatic rings. The highest BCUT2D eigenvalue weighted by Gasteiger charge is 2.20. The van der Waals surface area contributed by atoms with Gasteiger partial charge in [-0.15, -0.1) is 15.8 Å². The Balaban J connectivity index is 3.99. The molecule has 0 saturated carbocycles. The summed E-state index contributed by atoms with van der Waals surface area (Å²) in [4.78, 5) is 0. The van der Waals surface area contributed by atoms with Gasteiger partial charge in [0.15, 0.2) is 0 Å². The van der Waals surface area contributed by atoms with Crippen molar-refractivity contribution in [1.29, 1.82) is 0 Å². The van der Waals surface area contributed by atoms with E-state index in [-0.39, 0.29) is 0 Å². The van der Waals surface area contributed by atoms with E-state index in [9.17, 15) is 0 Å². The molecule has 0 rings (SSSR count). The van der Waals surface area contributed by atoms with Gasteiger partial charge >= 0.3 is 0 Å². The van der Waals surface area contributed by atoms with Crippen molar-refractivity contribution in [2.24, 2.45) is 0 Å². The maximum Gasteiger partial charge on any atom is -0.0175 e. The van der Waals surface area contributed by atoms with Crippen molar-refractivity contribution in [3.63, 3.8) is 0 Å². The normalized spacial score (nSPS) is 21.5. The molecule has 0 N–H and O–H groups in total. The molecule has 0 aromatic carbocycles. The fourth-order valence-corrected chi connectivity index (χ4v) is 5.30. The predicted molar refractivity (Wildman–Crippen MR) is 65.7 cm³/mol. The molecule has 0 bridgehead atoms. The minimum Gasteiger partial charge on any atom is -0.107 e. The first-order valence-corrected chi connectivity index (χ1v) is 9.03. The van der Waals surface area contributed by atoms with Gasteiger partial charge in [-0.3, -0.25) is 0 Å². The largest absolute Gasteiger partial charge is 0.107 e. The standard InChI is InChI=1S/C10H24P2/c1-7-11(5)9(3)10(4)12(6)8-2/h9-10H,7-8H2,1-6H3/t9-,10-,11+,12+/m1/s1. The van der Waals surface area contributed by atoms with Crippen LogP contribution >= 0.6 is 15.8 Å². The van der Waals surface area contributed by atoms with E-state index in [2.05, 4.69) is 41.0 Å². The highest BCUT2D eigenvalue weighted by molar-refractivity contribution is 7.61. The Hall–Kier alpha value is 0.860. The topological polar surface area (TPSA) is 0 Å². The van der Waals surface area contributed by atoms with Crippen LogP contribution in [0.5, 0.6) is 0 Å². The zero-order chi connectivity index (χ0) is 9.72. The zero-order valence-corrected chi connectivity index (χ0v) is 11.3. The lowest BCUT2D eigenvalue weighted by Gasteiger charge is -2.30. The van der Waals surface area contributed by atoms with Crippen LogP contribution in [0.3, 0.4) is 0 Å². The Morgan fingerprint density at radius 2 is 1.08 bits per heavy atom. The van der Waals surface area contributed by atoms with Crippen LogP contribution in [0, 0.1) is 0 Å². The van der Waals surface area contributed by atoms with E-state index in [1.54, 1.807) is 0 Å². The molecule has 0 nitrogen and oxygen atoms in total. The molecule has 74 valence electrons. The molecule has 0 aliphatic carbocycles. The molecule has 0 aromatic rings. The van der Waals surface area contributed by atoms with Crippen LogP contribution in [0.4, 0.5) is 0 Å². The second-order valence-electron chi connectivity index (χ2n) is 3.63. The minimum absolute atomic E-state index is 0.299. The second kappa shape index (κ2) is 6.33. The van der Waals surface area contributed by atoms with Gasteiger partial charge in [0.05, 0.1) is 0 Å². The Labute approximate surface area is 81.0 Å². The van der Waals surface area contributed by atoms with E-state index < -0.39 is 0 Å². The van der Waals surface area contributed by atoms with Crippen molar-refractivity contribution in [3.05, 3.63) is 0 Å². The van der Waals surface area contributed by atoms with Gasteiger partial charge in [-0.05, 0) is 37.0 Å². The molecule has 0 aliphatic heterocycles. The van der Waals surface area contributed by atoms with Crippen LogP contribution < -0.4 is 0 Å². The first kappa shape index (κ1) is 12.9. The lowest BCUT2D eigenvalue weighted by atomic mass is 10.4. The van der Waals surface area contributed by atoms with E-state index in [0.717, 1.165) is 11.3 Å². The van der Waals surface area contributed by atoms with E-state index >= 15 is 0 Å². The molecule has 0 amide bonds. The maximum atomic E-state index is 2.45. The molecule has 0 radical (unpaired) electrons. The molecular weight excluding hydrogens is 182 g/mol. The molecular formula is C10H24P2. The average molecular weight is 206 g/mol. The van der Waals surface area contributed by atoms with Crippen molar-refractivity contribution in [2.45, 2.75) is 39.0 Å². The highest BCUT2D eigenvalue weighted by Crippen LogP contribution is 2.48. The lowest BCUT2D eigenvalue weighted by Crippen LogP contribution is -2.17. The van der Waals surface area contributed by atoms with Gasteiger partial charge in [0.1, 0.15) is 0 Å². The summed E-state index contributed by atoms with van der Waals surface area (Å²) < 4.78 is 0. The third kappa shape index (κ3) is 3.71. The van der Waals surface area contributed by atoms with Gasteiger partial charge in [0.2, 0.25) is 0 Å². The van der Waals surface area contributed by atoms with Crippen LogP contribution in [0.25, 0.3) is 0 Å². The smallest absolute Gasteiger partial charge is 0.0175 e. The lowest BCUT2D eigenvalue weighted by molar-refractivity contribution is 0.896. The van der Waals surface area contributed by atoms with Crippen LogP contribution in [-0.2, 0) is 0 Å². The molecule has 0 unspecified atom stereocenters. The molecule has 0 fully saturated rings. The van der Waals surface area contributed by atoms with E-state index in [0.29, 0.717) is 15.8 Å². The fourth-order valence-electron chi connectivity index (χ4n) is 1.31. The first-order chi connectivity index (χ1) is 5.54. The quantitative estimate of drug-likeness (QED) is 0.596. The summed E-state index contributed by atoms with van der Waals surface area (Å²) in [6, 6.07) is 0. The summed E-state index contributed by atoms with van der Waals surface area (Å²) in [6.07, 6.45) is 2.79. The molecule has 0 heterocycles. The van der Waals surface area contributed by atoms with Crippen LogP contribution in [0.2, 0.25) is 0 Å². The van der Waals surface area contributed by atoms with E-state index in [4.69, 9.17) is 0 Å². The molecule has 2 heteroatoms. The van der Waals surface area contributed by atoms with Crippen LogP contribution in [0.1, 0.15) is 27.7 Å².